The predicted octanol–water partition coefficient (Wildman–Crippen LogP) is 14.3. The summed E-state index contributed by atoms with van der Waals surface area (Å²) < 4.78 is 34.6. The van der Waals surface area contributed by atoms with E-state index in [0.717, 1.165) is 38.5 Å². The van der Waals surface area contributed by atoms with E-state index in [2.05, 4.69) is 50.3 Å². The Morgan fingerprint density at radius 3 is 1.44 bits per heavy atom. The molecule has 0 aromatic carbocycles. The number of hydrogen-bond acceptors (Lipinski definition) is 7. The van der Waals surface area contributed by atoms with Gasteiger partial charge in [0.15, 0.2) is 0 Å². The SMILES string of the molecule is CCCC/C=C\CCCCCCCCOCC(COP(=O)([O-])OCC[N+](C)(C)C)OC(=O)CCCCCCCCCCCCCCC/C=C\C/C=C\CCCCCCC. The third-order valence-corrected chi connectivity index (χ3v) is 11.6. The first-order chi connectivity index (χ1) is 28.6. The minimum atomic E-state index is -4.53. The highest BCUT2D eigenvalue weighted by molar-refractivity contribution is 7.45. The Bertz CT molecular complexity index is 1040. The predicted molar refractivity (Wildman–Crippen MR) is 250 cm³/mol. The Morgan fingerprint density at radius 2 is 0.949 bits per heavy atom. The summed E-state index contributed by atoms with van der Waals surface area (Å²) in [5, 5.41) is 0. The Kier molecular flexibility index (Phi) is 42.4. The molecule has 9 heteroatoms. The van der Waals surface area contributed by atoms with Gasteiger partial charge in [0.2, 0.25) is 0 Å². The summed E-state index contributed by atoms with van der Waals surface area (Å²) in [6.45, 7) is 5.38. The van der Waals surface area contributed by atoms with Crippen molar-refractivity contribution in [2.45, 2.75) is 225 Å². The van der Waals surface area contributed by atoms with Crippen LogP contribution < -0.4 is 4.89 Å². The molecule has 0 aromatic heterocycles. The molecule has 0 heterocycles. The van der Waals surface area contributed by atoms with Gasteiger partial charge < -0.3 is 27.9 Å². The first-order valence-electron chi connectivity index (χ1n) is 24.7. The third-order valence-electron chi connectivity index (χ3n) is 10.7. The molecule has 0 fully saturated rings. The minimum Gasteiger partial charge on any atom is -0.756 e. The van der Waals surface area contributed by atoms with E-state index in [1.165, 1.54) is 161 Å². The van der Waals surface area contributed by atoms with Gasteiger partial charge in [0, 0.05) is 13.0 Å². The van der Waals surface area contributed by atoms with Gasteiger partial charge in [-0.25, -0.2) is 0 Å². The van der Waals surface area contributed by atoms with Crippen LogP contribution in [0.1, 0.15) is 219 Å². The number of allylic oxidation sites excluding steroid dienone is 6. The lowest BCUT2D eigenvalue weighted by atomic mass is 10.0. The fraction of sp³-hybridized carbons (Fsp3) is 0.860. The Morgan fingerprint density at radius 1 is 0.525 bits per heavy atom. The summed E-state index contributed by atoms with van der Waals surface area (Å²) >= 11 is 0. The molecule has 0 rings (SSSR count). The second-order valence-corrected chi connectivity index (χ2v) is 19.2. The smallest absolute Gasteiger partial charge is 0.306 e. The molecule has 59 heavy (non-hydrogen) atoms. The van der Waals surface area contributed by atoms with E-state index in [1.54, 1.807) is 0 Å². The van der Waals surface area contributed by atoms with Crippen LogP contribution in [0.5, 0.6) is 0 Å². The van der Waals surface area contributed by atoms with Gasteiger partial charge in [0.25, 0.3) is 7.82 Å². The van der Waals surface area contributed by atoms with Crippen LogP contribution in [0, 0.1) is 0 Å². The van der Waals surface area contributed by atoms with Gasteiger partial charge in [-0.3, -0.25) is 9.36 Å². The lowest BCUT2D eigenvalue weighted by molar-refractivity contribution is -0.870. The van der Waals surface area contributed by atoms with E-state index in [4.69, 9.17) is 18.5 Å². The second-order valence-electron chi connectivity index (χ2n) is 17.8. The monoisotopic (exact) mass is 854 g/mol. The number of carbonyl (C=O) groups is 1. The molecule has 0 aliphatic rings. The van der Waals surface area contributed by atoms with Gasteiger partial charge in [-0.2, -0.15) is 0 Å². The third kappa shape index (κ3) is 47.6. The number of phosphoric acid groups is 1. The van der Waals surface area contributed by atoms with Crippen molar-refractivity contribution in [3.05, 3.63) is 36.5 Å². The van der Waals surface area contributed by atoms with E-state index in [-0.39, 0.29) is 25.8 Å². The molecule has 2 unspecified atom stereocenters. The molecule has 0 aliphatic carbocycles. The Balaban J connectivity index is 4.06. The minimum absolute atomic E-state index is 0.0253. The van der Waals surface area contributed by atoms with Gasteiger partial charge in [-0.05, 0) is 64.2 Å². The number of hydrogen-bond donors (Lipinski definition) is 0. The fourth-order valence-corrected chi connectivity index (χ4v) is 7.52. The highest BCUT2D eigenvalue weighted by Gasteiger charge is 2.20. The van der Waals surface area contributed by atoms with E-state index in [9.17, 15) is 14.3 Å². The van der Waals surface area contributed by atoms with E-state index >= 15 is 0 Å². The molecule has 0 aliphatic heterocycles. The van der Waals surface area contributed by atoms with Crippen LogP contribution in [0.3, 0.4) is 0 Å². The van der Waals surface area contributed by atoms with Crippen molar-refractivity contribution in [1.29, 1.82) is 0 Å². The summed E-state index contributed by atoms with van der Waals surface area (Å²) in [5.41, 5.74) is 0. The topological polar surface area (TPSA) is 94.1 Å². The molecule has 0 saturated carbocycles. The molecular weight excluding hydrogens is 758 g/mol. The number of phosphoric ester groups is 1. The number of carbonyl (C=O) groups excluding carboxylic acids is 1. The summed E-state index contributed by atoms with van der Waals surface area (Å²) in [6, 6.07) is 0. The van der Waals surface area contributed by atoms with Crippen molar-refractivity contribution in [2.75, 3.05) is 54.1 Å². The number of rotatable bonds is 46. The number of nitrogens with zero attached hydrogens (tertiary/aromatic N) is 1. The molecule has 348 valence electrons. The lowest BCUT2D eigenvalue weighted by Crippen LogP contribution is -2.37. The quantitative estimate of drug-likeness (QED) is 0.0198. The van der Waals surface area contributed by atoms with Crippen LogP contribution in [0.15, 0.2) is 36.5 Å². The Hall–Kier alpha value is -1.28. The van der Waals surface area contributed by atoms with Crippen molar-refractivity contribution in [2.24, 2.45) is 0 Å². The molecule has 8 nitrogen and oxygen atoms in total. The van der Waals surface area contributed by atoms with Gasteiger partial charge in [-0.15, -0.1) is 0 Å². The van der Waals surface area contributed by atoms with Crippen molar-refractivity contribution in [1.82, 2.24) is 0 Å². The maximum Gasteiger partial charge on any atom is 0.306 e. The van der Waals surface area contributed by atoms with Crippen LogP contribution in [0.25, 0.3) is 0 Å². The zero-order chi connectivity index (χ0) is 43.4. The average molecular weight is 854 g/mol. The number of ether oxygens (including phenoxy) is 2. The van der Waals surface area contributed by atoms with Gasteiger partial charge >= 0.3 is 5.97 Å². The van der Waals surface area contributed by atoms with Crippen LogP contribution in [0.2, 0.25) is 0 Å². The van der Waals surface area contributed by atoms with E-state index < -0.39 is 13.9 Å². The molecule has 0 N–H and O–H groups in total. The highest BCUT2D eigenvalue weighted by atomic mass is 31.2. The zero-order valence-corrected chi connectivity index (χ0v) is 40.4. The van der Waals surface area contributed by atoms with Crippen molar-refractivity contribution in [3.8, 4) is 0 Å². The molecule has 0 amide bonds. The lowest BCUT2D eigenvalue weighted by Gasteiger charge is -2.28. The molecule has 0 bridgehead atoms. The maximum atomic E-state index is 12.7. The number of esters is 1. The van der Waals surface area contributed by atoms with Crippen LogP contribution in [0.4, 0.5) is 0 Å². The maximum absolute atomic E-state index is 12.7. The zero-order valence-electron chi connectivity index (χ0n) is 39.5. The molecule has 0 spiro atoms. The normalized spacial score (nSPS) is 13.9. The van der Waals surface area contributed by atoms with Crippen molar-refractivity contribution in [3.63, 3.8) is 0 Å². The van der Waals surface area contributed by atoms with Gasteiger partial charge in [-0.1, -0.05) is 185 Å². The largest absolute Gasteiger partial charge is 0.756 e. The summed E-state index contributed by atoms with van der Waals surface area (Å²) in [7, 11) is 1.36. The van der Waals surface area contributed by atoms with Crippen molar-refractivity contribution < 1.29 is 37.3 Å². The summed E-state index contributed by atoms with van der Waals surface area (Å²) in [6.07, 6.45) is 51.7. The van der Waals surface area contributed by atoms with Crippen molar-refractivity contribution >= 4 is 13.8 Å². The van der Waals surface area contributed by atoms with Crippen LogP contribution in [-0.4, -0.2) is 70.7 Å². The van der Waals surface area contributed by atoms with E-state index in [0.29, 0.717) is 24.1 Å². The average Bonchev–Trinajstić information content (AvgIpc) is 3.19. The number of unbranched alkanes of at least 4 members (excludes halogenated alkanes) is 26. The molecule has 0 radical (unpaired) electrons. The standard InChI is InChI=1S/C50H96NO7P/c1-6-8-10-12-14-16-18-20-21-22-23-24-25-26-27-28-29-30-31-32-33-35-37-39-41-43-50(52)58-49(48-57-59(53,54)56-46-44-51(3,4)5)47-55-45-42-40-38-36-34-19-17-15-13-11-9-7-2/h13,15,18,20,22-23,49H,6-12,14,16-17,19,21,24-48H2,1-5H3/b15-13-,20-18-,23-22-. The first-order valence-corrected chi connectivity index (χ1v) is 26.2. The number of likely N-dealkylation sites (N-methyl/N-ethyl adjacent to an activating group) is 1. The molecular formula is C50H96NO7P. The fourth-order valence-electron chi connectivity index (χ4n) is 6.79. The summed E-state index contributed by atoms with van der Waals surface area (Å²) in [5.74, 6) is -0.336. The second kappa shape index (κ2) is 43.4. The van der Waals surface area contributed by atoms with Gasteiger partial charge in [0.05, 0.1) is 34.4 Å². The molecule has 2 atom stereocenters. The summed E-state index contributed by atoms with van der Waals surface area (Å²) in [4.78, 5) is 25.1. The molecule has 0 saturated heterocycles. The first kappa shape index (κ1) is 57.7. The number of quaternary nitrogens is 1. The van der Waals surface area contributed by atoms with Gasteiger partial charge in [0.1, 0.15) is 19.3 Å². The van der Waals surface area contributed by atoms with Crippen LogP contribution >= 0.6 is 7.82 Å². The Labute approximate surface area is 365 Å². The van der Waals surface area contributed by atoms with Crippen LogP contribution in [-0.2, 0) is 27.9 Å². The highest BCUT2D eigenvalue weighted by Crippen LogP contribution is 2.38. The van der Waals surface area contributed by atoms with E-state index in [1.807, 2.05) is 21.1 Å². The molecule has 0 aromatic rings.